The molecular formula is C14H18N2O. The number of benzene rings is 1. The summed E-state index contributed by atoms with van der Waals surface area (Å²) in [6.45, 7) is 4.21. The summed E-state index contributed by atoms with van der Waals surface area (Å²) in [6, 6.07) is 10.2. The fourth-order valence-electron chi connectivity index (χ4n) is 1.84. The van der Waals surface area contributed by atoms with Crippen molar-refractivity contribution in [3.05, 3.63) is 35.9 Å². The molecule has 1 aromatic heterocycles. The van der Waals surface area contributed by atoms with Crippen LogP contribution in [0.5, 0.6) is 0 Å². The van der Waals surface area contributed by atoms with E-state index in [4.69, 9.17) is 0 Å². The summed E-state index contributed by atoms with van der Waals surface area (Å²) in [4.78, 5) is 4.59. The highest BCUT2D eigenvalue weighted by atomic mass is 16.3. The molecule has 0 aliphatic heterocycles. The Morgan fingerprint density at radius 1 is 1.35 bits per heavy atom. The van der Waals surface area contributed by atoms with E-state index < -0.39 is 0 Å². The summed E-state index contributed by atoms with van der Waals surface area (Å²) >= 11 is 0. The third kappa shape index (κ3) is 2.56. The predicted molar refractivity (Wildman–Crippen MR) is 71.3 cm³/mol. The van der Waals surface area contributed by atoms with Crippen LogP contribution in [-0.2, 0) is 0 Å². The minimum Gasteiger partial charge on any atom is -0.394 e. The normalized spacial score (nSPS) is 12.6. The van der Waals surface area contributed by atoms with Gasteiger partial charge in [-0.2, -0.15) is 0 Å². The summed E-state index contributed by atoms with van der Waals surface area (Å²) in [5.41, 5.74) is 2.09. The molecule has 3 heteroatoms. The number of pyridine rings is 1. The summed E-state index contributed by atoms with van der Waals surface area (Å²) in [5, 5.41) is 13.6. The number of nitrogens with one attached hydrogen (secondary N) is 1. The molecule has 0 aliphatic rings. The lowest BCUT2D eigenvalue weighted by Crippen LogP contribution is -2.23. The van der Waals surface area contributed by atoms with Crippen molar-refractivity contribution in [1.82, 2.24) is 4.98 Å². The highest BCUT2D eigenvalue weighted by Gasteiger charge is 2.08. The second-order valence-corrected chi connectivity index (χ2v) is 4.28. The number of anilines is 1. The average Bonchev–Trinajstić information content (AvgIpc) is 2.36. The monoisotopic (exact) mass is 230 g/mol. The number of hydrogen-bond acceptors (Lipinski definition) is 3. The molecule has 0 fully saturated rings. The first-order chi connectivity index (χ1) is 8.24. The topological polar surface area (TPSA) is 45.1 Å². The van der Waals surface area contributed by atoms with Gasteiger partial charge in [0.1, 0.15) is 5.82 Å². The molecule has 90 valence electrons. The third-order valence-corrected chi connectivity index (χ3v) is 2.97. The molecule has 2 rings (SSSR count). The minimum atomic E-state index is 0.0716. The van der Waals surface area contributed by atoms with Gasteiger partial charge >= 0.3 is 0 Å². The Kier molecular flexibility index (Phi) is 3.59. The number of aliphatic hydroxyl groups excluding tert-OH is 1. The fourth-order valence-corrected chi connectivity index (χ4v) is 1.84. The van der Waals surface area contributed by atoms with E-state index in [1.54, 1.807) is 0 Å². The van der Waals surface area contributed by atoms with Gasteiger partial charge in [0.05, 0.1) is 18.2 Å². The second kappa shape index (κ2) is 5.15. The molecule has 0 spiro atoms. The van der Waals surface area contributed by atoms with Crippen molar-refractivity contribution in [2.24, 2.45) is 0 Å². The molecule has 0 unspecified atom stereocenters. The molecule has 3 nitrogen and oxygen atoms in total. The number of aliphatic hydroxyl groups is 1. The van der Waals surface area contributed by atoms with Crippen molar-refractivity contribution >= 4 is 16.7 Å². The molecule has 0 amide bonds. The third-order valence-electron chi connectivity index (χ3n) is 2.97. The van der Waals surface area contributed by atoms with E-state index in [-0.39, 0.29) is 12.6 Å². The lowest BCUT2D eigenvalue weighted by molar-refractivity contribution is 0.271. The van der Waals surface area contributed by atoms with Gasteiger partial charge in [-0.15, -0.1) is 0 Å². The number of para-hydroxylation sites is 1. The molecule has 1 aromatic carbocycles. The number of aromatic nitrogens is 1. The molecule has 0 bridgehead atoms. The van der Waals surface area contributed by atoms with Gasteiger partial charge < -0.3 is 10.4 Å². The Balaban J connectivity index is 2.37. The summed E-state index contributed by atoms with van der Waals surface area (Å²) < 4.78 is 0. The van der Waals surface area contributed by atoms with Crippen molar-refractivity contribution in [3.8, 4) is 0 Å². The Bertz CT molecular complexity index is 507. The molecule has 1 atom stereocenters. The van der Waals surface area contributed by atoms with E-state index in [2.05, 4.69) is 22.4 Å². The van der Waals surface area contributed by atoms with Gasteiger partial charge in [-0.1, -0.05) is 25.1 Å². The molecular weight excluding hydrogens is 212 g/mol. The second-order valence-electron chi connectivity index (χ2n) is 4.28. The van der Waals surface area contributed by atoms with E-state index in [1.807, 2.05) is 32.0 Å². The zero-order chi connectivity index (χ0) is 12.3. The van der Waals surface area contributed by atoms with Gasteiger partial charge in [-0.25, -0.2) is 4.98 Å². The maximum absolute atomic E-state index is 9.20. The highest BCUT2D eigenvalue weighted by Crippen LogP contribution is 2.20. The highest BCUT2D eigenvalue weighted by molar-refractivity contribution is 5.81. The first kappa shape index (κ1) is 11.9. The fraction of sp³-hybridized carbons (Fsp3) is 0.357. The van der Waals surface area contributed by atoms with Gasteiger partial charge in [0, 0.05) is 5.39 Å². The molecule has 2 N–H and O–H groups in total. The largest absolute Gasteiger partial charge is 0.394 e. The zero-order valence-electron chi connectivity index (χ0n) is 10.3. The van der Waals surface area contributed by atoms with Crippen LogP contribution in [0, 0.1) is 6.92 Å². The van der Waals surface area contributed by atoms with Crippen LogP contribution >= 0.6 is 0 Å². The van der Waals surface area contributed by atoms with Crippen molar-refractivity contribution in [3.63, 3.8) is 0 Å². The quantitative estimate of drug-likeness (QED) is 0.849. The van der Waals surface area contributed by atoms with Crippen LogP contribution < -0.4 is 5.32 Å². The number of nitrogens with zero attached hydrogens (tertiary/aromatic N) is 1. The Hall–Kier alpha value is -1.61. The number of hydrogen-bond donors (Lipinski definition) is 2. The summed E-state index contributed by atoms with van der Waals surface area (Å²) in [7, 11) is 0. The first-order valence-corrected chi connectivity index (χ1v) is 5.98. The van der Waals surface area contributed by atoms with Crippen molar-refractivity contribution in [2.45, 2.75) is 26.3 Å². The average molecular weight is 230 g/mol. The Morgan fingerprint density at radius 3 is 2.82 bits per heavy atom. The van der Waals surface area contributed by atoms with E-state index >= 15 is 0 Å². The van der Waals surface area contributed by atoms with Gasteiger partial charge in [0.2, 0.25) is 0 Å². The van der Waals surface area contributed by atoms with Gasteiger partial charge in [0.15, 0.2) is 0 Å². The standard InChI is InChI=1S/C14H18N2O/c1-3-12(9-17)15-14-10(2)8-11-6-4-5-7-13(11)16-14/h4-8,12,17H,3,9H2,1-2H3,(H,15,16)/t12-/m1/s1. The van der Waals surface area contributed by atoms with E-state index in [0.717, 1.165) is 28.7 Å². The molecule has 2 aromatic rings. The van der Waals surface area contributed by atoms with Crippen molar-refractivity contribution < 1.29 is 5.11 Å². The summed E-state index contributed by atoms with van der Waals surface area (Å²) in [6.07, 6.45) is 0.879. The van der Waals surface area contributed by atoms with Gasteiger partial charge in [-0.3, -0.25) is 0 Å². The maximum Gasteiger partial charge on any atom is 0.129 e. The Morgan fingerprint density at radius 2 is 2.12 bits per heavy atom. The summed E-state index contributed by atoms with van der Waals surface area (Å²) in [5.74, 6) is 0.865. The van der Waals surface area contributed by atoms with E-state index in [1.165, 1.54) is 0 Å². The minimum absolute atomic E-state index is 0.0716. The van der Waals surface area contributed by atoms with Crippen LogP contribution in [0.2, 0.25) is 0 Å². The predicted octanol–water partition coefficient (Wildman–Crippen LogP) is 2.73. The van der Waals surface area contributed by atoms with Crippen LogP contribution in [0.1, 0.15) is 18.9 Å². The van der Waals surface area contributed by atoms with Gasteiger partial charge in [-0.05, 0) is 31.0 Å². The lowest BCUT2D eigenvalue weighted by Gasteiger charge is -2.16. The van der Waals surface area contributed by atoms with Crippen molar-refractivity contribution in [2.75, 3.05) is 11.9 Å². The Labute approximate surface area is 102 Å². The molecule has 17 heavy (non-hydrogen) atoms. The zero-order valence-corrected chi connectivity index (χ0v) is 10.3. The number of aryl methyl sites for hydroxylation is 1. The lowest BCUT2D eigenvalue weighted by atomic mass is 10.1. The van der Waals surface area contributed by atoms with Crippen LogP contribution in [0.4, 0.5) is 5.82 Å². The first-order valence-electron chi connectivity index (χ1n) is 5.98. The smallest absolute Gasteiger partial charge is 0.129 e. The van der Waals surface area contributed by atoms with Crippen LogP contribution in [0.25, 0.3) is 10.9 Å². The molecule has 1 heterocycles. The van der Waals surface area contributed by atoms with Crippen molar-refractivity contribution in [1.29, 1.82) is 0 Å². The number of rotatable bonds is 4. The van der Waals surface area contributed by atoms with Gasteiger partial charge in [0.25, 0.3) is 0 Å². The molecule has 0 radical (unpaired) electrons. The maximum atomic E-state index is 9.20. The molecule has 0 saturated carbocycles. The van der Waals surface area contributed by atoms with E-state index in [0.29, 0.717) is 0 Å². The van der Waals surface area contributed by atoms with Crippen LogP contribution in [0.15, 0.2) is 30.3 Å². The SMILES string of the molecule is CC[C@H](CO)Nc1nc2ccccc2cc1C. The molecule has 0 aliphatic carbocycles. The van der Waals surface area contributed by atoms with E-state index in [9.17, 15) is 5.11 Å². The van der Waals surface area contributed by atoms with Crippen LogP contribution in [0.3, 0.4) is 0 Å². The number of fused-ring (bicyclic) bond motifs is 1. The molecule has 0 saturated heterocycles. The van der Waals surface area contributed by atoms with Crippen LogP contribution in [-0.4, -0.2) is 22.7 Å².